The Balaban J connectivity index is 2.35. The van der Waals surface area contributed by atoms with E-state index in [2.05, 4.69) is 0 Å². The predicted octanol–water partition coefficient (Wildman–Crippen LogP) is 2.87. The van der Waals surface area contributed by atoms with Gasteiger partial charge in [0.25, 0.3) is 0 Å². The highest BCUT2D eigenvalue weighted by molar-refractivity contribution is 4.84. The zero-order chi connectivity index (χ0) is 11.5. The van der Waals surface area contributed by atoms with Crippen molar-refractivity contribution in [1.82, 2.24) is 0 Å². The van der Waals surface area contributed by atoms with E-state index in [4.69, 9.17) is 0 Å². The van der Waals surface area contributed by atoms with E-state index in [0.717, 1.165) is 38.5 Å². The van der Waals surface area contributed by atoms with Gasteiger partial charge in [-0.3, -0.25) is 0 Å². The van der Waals surface area contributed by atoms with Crippen molar-refractivity contribution >= 4 is 0 Å². The molecule has 1 aliphatic rings. The van der Waals surface area contributed by atoms with Crippen molar-refractivity contribution in [3.05, 3.63) is 0 Å². The highest BCUT2D eigenvalue weighted by Crippen LogP contribution is 2.34. The molecule has 2 N–H and O–H groups in total. The third-order valence-corrected chi connectivity index (χ3v) is 3.67. The van der Waals surface area contributed by atoms with Crippen molar-refractivity contribution in [2.45, 2.75) is 77.4 Å². The molecule has 2 heteroatoms. The highest BCUT2D eigenvalue weighted by Gasteiger charge is 2.31. The first kappa shape index (κ1) is 13.0. The van der Waals surface area contributed by atoms with Gasteiger partial charge < -0.3 is 10.2 Å². The van der Waals surface area contributed by atoms with Gasteiger partial charge in [0.05, 0.1) is 11.7 Å². The SMILES string of the molecule is CC(C)(C)C(O)CCC1(O)CCCCC1. The van der Waals surface area contributed by atoms with E-state index in [0.29, 0.717) is 0 Å². The molecule has 15 heavy (non-hydrogen) atoms. The summed E-state index contributed by atoms with van der Waals surface area (Å²) in [5.74, 6) is 0. The van der Waals surface area contributed by atoms with Gasteiger partial charge in [-0.1, -0.05) is 40.0 Å². The molecular weight excluding hydrogens is 188 g/mol. The Labute approximate surface area is 93.7 Å². The molecule has 1 saturated carbocycles. The fraction of sp³-hybridized carbons (Fsp3) is 1.00. The lowest BCUT2D eigenvalue weighted by Gasteiger charge is -2.34. The second kappa shape index (κ2) is 4.84. The summed E-state index contributed by atoms with van der Waals surface area (Å²) in [6.45, 7) is 6.13. The number of aliphatic hydroxyl groups is 2. The Morgan fingerprint density at radius 2 is 1.67 bits per heavy atom. The summed E-state index contributed by atoms with van der Waals surface area (Å²) < 4.78 is 0. The fourth-order valence-electron chi connectivity index (χ4n) is 2.30. The second-order valence-corrected chi connectivity index (χ2v) is 6.21. The molecule has 90 valence electrons. The standard InChI is InChI=1S/C13H26O2/c1-12(2,3)11(14)7-10-13(15)8-5-4-6-9-13/h11,14-15H,4-10H2,1-3H3. The average molecular weight is 214 g/mol. The molecule has 0 spiro atoms. The topological polar surface area (TPSA) is 40.5 Å². The first-order valence-electron chi connectivity index (χ1n) is 6.24. The highest BCUT2D eigenvalue weighted by atomic mass is 16.3. The van der Waals surface area contributed by atoms with Gasteiger partial charge in [0.15, 0.2) is 0 Å². The van der Waals surface area contributed by atoms with Crippen LogP contribution < -0.4 is 0 Å². The van der Waals surface area contributed by atoms with Crippen LogP contribution in [0.2, 0.25) is 0 Å². The molecule has 0 radical (unpaired) electrons. The van der Waals surface area contributed by atoms with Gasteiger partial charge in [0.1, 0.15) is 0 Å². The van der Waals surface area contributed by atoms with Crippen molar-refractivity contribution in [1.29, 1.82) is 0 Å². The summed E-state index contributed by atoms with van der Waals surface area (Å²) >= 11 is 0. The quantitative estimate of drug-likeness (QED) is 0.758. The molecular formula is C13H26O2. The van der Waals surface area contributed by atoms with Crippen molar-refractivity contribution < 1.29 is 10.2 Å². The van der Waals surface area contributed by atoms with Crippen LogP contribution in [0.5, 0.6) is 0 Å². The van der Waals surface area contributed by atoms with Gasteiger partial charge in [-0.15, -0.1) is 0 Å². The predicted molar refractivity (Wildman–Crippen MR) is 62.7 cm³/mol. The van der Waals surface area contributed by atoms with Crippen LogP contribution in [0.1, 0.15) is 65.7 Å². The van der Waals surface area contributed by atoms with Gasteiger partial charge >= 0.3 is 0 Å². The average Bonchev–Trinajstić information content (AvgIpc) is 2.14. The Kier molecular flexibility index (Phi) is 4.19. The molecule has 1 unspecified atom stereocenters. The Morgan fingerprint density at radius 3 is 2.13 bits per heavy atom. The Hall–Kier alpha value is -0.0800. The van der Waals surface area contributed by atoms with Crippen LogP contribution in [-0.2, 0) is 0 Å². The third-order valence-electron chi connectivity index (χ3n) is 3.67. The largest absolute Gasteiger partial charge is 0.393 e. The maximum atomic E-state index is 10.3. The number of hydrogen-bond donors (Lipinski definition) is 2. The minimum absolute atomic E-state index is 0.0645. The second-order valence-electron chi connectivity index (χ2n) is 6.21. The lowest BCUT2D eigenvalue weighted by Crippen LogP contribution is -2.35. The van der Waals surface area contributed by atoms with E-state index >= 15 is 0 Å². The smallest absolute Gasteiger partial charge is 0.0648 e. The van der Waals surface area contributed by atoms with Crippen molar-refractivity contribution in [3.63, 3.8) is 0 Å². The molecule has 0 saturated heterocycles. The van der Waals surface area contributed by atoms with E-state index in [1.165, 1.54) is 6.42 Å². The molecule has 0 aromatic rings. The van der Waals surface area contributed by atoms with E-state index in [1.807, 2.05) is 20.8 Å². The van der Waals surface area contributed by atoms with E-state index in [-0.39, 0.29) is 11.5 Å². The molecule has 1 rings (SSSR count). The van der Waals surface area contributed by atoms with Crippen LogP contribution in [0.25, 0.3) is 0 Å². The van der Waals surface area contributed by atoms with Crippen molar-refractivity contribution in [2.75, 3.05) is 0 Å². The number of aliphatic hydroxyl groups excluding tert-OH is 1. The summed E-state index contributed by atoms with van der Waals surface area (Å²) in [7, 11) is 0. The molecule has 0 amide bonds. The van der Waals surface area contributed by atoms with Gasteiger partial charge in [-0.2, -0.15) is 0 Å². The molecule has 0 bridgehead atoms. The van der Waals surface area contributed by atoms with E-state index in [1.54, 1.807) is 0 Å². The molecule has 1 fully saturated rings. The molecule has 1 atom stereocenters. The summed E-state index contributed by atoms with van der Waals surface area (Å²) in [5.41, 5.74) is -0.546. The molecule has 0 aromatic heterocycles. The van der Waals surface area contributed by atoms with Gasteiger partial charge in [-0.25, -0.2) is 0 Å². The molecule has 2 nitrogen and oxygen atoms in total. The molecule has 0 aromatic carbocycles. The summed E-state index contributed by atoms with van der Waals surface area (Å²) in [6, 6.07) is 0. The maximum absolute atomic E-state index is 10.3. The number of hydrogen-bond acceptors (Lipinski definition) is 2. The molecule has 0 heterocycles. The summed E-state index contributed by atoms with van der Waals surface area (Å²) in [4.78, 5) is 0. The van der Waals surface area contributed by atoms with Gasteiger partial charge in [-0.05, 0) is 31.1 Å². The molecule has 0 aliphatic heterocycles. The van der Waals surface area contributed by atoms with Crippen LogP contribution in [0.3, 0.4) is 0 Å². The van der Waals surface area contributed by atoms with E-state index < -0.39 is 5.60 Å². The van der Waals surface area contributed by atoms with E-state index in [9.17, 15) is 10.2 Å². The third kappa shape index (κ3) is 4.12. The van der Waals surface area contributed by atoms with Crippen molar-refractivity contribution in [2.24, 2.45) is 5.41 Å². The zero-order valence-electron chi connectivity index (χ0n) is 10.4. The zero-order valence-corrected chi connectivity index (χ0v) is 10.4. The lowest BCUT2D eigenvalue weighted by atomic mass is 9.78. The number of rotatable bonds is 3. The lowest BCUT2D eigenvalue weighted by molar-refractivity contribution is -0.0286. The summed E-state index contributed by atoms with van der Waals surface area (Å²) in [5, 5.41) is 20.2. The minimum Gasteiger partial charge on any atom is -0.393 e. The van der Waals surface area contributed by atoms with Crippen LogP contribution >= 0.6 is 0 Å². The van der Waals surface area contributed by atoms with Gasteiger partial charge in [0, 0.05) is 0 Å². The van der Waals surface area contributed by atoms with Crippen molar-refractivity contribution in [3.8, 4) is 0 Å². The first-order valence-corrected chi connectivity index (χ1v) is 6.24. The van der Waals surface area contributed by atoms with Crippen LogP contribution in [0, 0.1) is 5.41 Å². The Morgan fingerprint density at radius 1 is 1.13 bits per heavy atom. The maximum Gasteiger partial charge on any atom is 0.0648 e. The molecule has 1 aliphatic carbocycles. The van der Waals surface area contributed by atoms with Crippen LogP contribution in [0.4, 0.5) is 0 Å². The first-order chi connectivity index (χ1) is 6.83. The monoisotopic (exact) mass is 214 g/mol. The summed E-state index contributed by atoms with van der Waals surface area (Å²) in [6.07, 6.45) is 6.55. The minimum atomic E-state index is -0.482. The Bertz CT molecular complexity index is 187. The normalized spacial score (nSPS) is 23.8. The van der Waals surface area contributed by atoms with Gasteiger partial charge in [0.2, 0.25) is 0 Å². The van der Waals surface area contributed by atoms with Crippen LogP contribution in [0.15, 0.2) is 0 Å². The van der Waals surface area contributed by atoms with Crippen LogP contribution in [-0.4, -0.2) is 21.9 Å². The fourth-order valence-corrected chi connectivity index (χ4v) is 2.30.